The summed E-state index contributed by atoms with van der Waals surface area (Å²) in [6.45, 7) is 1.35. The first-order valence-electron chi connectivity index (χ1n) is 11.3. The van der Waals surface area contributed by atoms with E-state index in [0.717, 1.165) is 9.87 Å². The van der Waals surface area contributed by atoms with Gasteiger partial charge in [0, 0.05) is 10.6 Å². The Labute approximate surface area is 230 Å². The number of anilines is 1. The molecule has 0 atom stereocenters. The molecule has 1 aromatic heterocycles. The number of methoxy groups -OCH3 is 1. The average molecular weight is 572 g/mol. The van der Waals surface area contributed by atoms with Crippen molar-refractivity contribution in [2.45, 2.75) is 11.8 Å². The Morgan fingerprint density at radius 2 is 1.74 bits per heavy atom. The summed E-state index contributed by atoms with van der Waals surface area (Å²) in [7, 11) is -2.55. The van der Waals surface area contributed by atoms with E-state index in [1.54, 1.807) is 66.7 Å². The standard InChI is InChI=1S/C27H23Cl2N3O5S/c1-18-3-11-23(12-4-18)38(34,35)32(20-6-8-21(36-2)9-7-20)17-27(33)31-30-16-22-10-14-26(37-22)24-13-5-19(28)15-25(24)29/h3-16H,17H2,1-2H3,(H,31,33)/b30-16-. The Hall–Kier alpha value is -3.79. The van der Waals surface area contributed by atoms with Crippen LogP contribution in [0.2, 0.25) is 10.0 Å². The molecule has 4 aromatic rings. The van der Waals surface area contributed by atoms with Gasteiger partial charge in [-0.3, -0.25) is 9.10 Å². The molecule has 3 aromatic carbocycles. The highest BCUT2D eigenvalue weighted by atomic mass is 35.5. The number of amides is 1. The average Bonchev–Trinajstić information content (AvgIpc) is 3.36. The smallest absolute Gasteiger partial charge is 0.264 e. The number of hydrogen-bond acceptors (Lipinski definition) is 6. The van der Waals surface area contributed by atoms with Gasteiger partial charge in [-0.05, 0) is 73.7 Å². The van der Waals surface area contributed by atoms with Gasteiger partial charge in [-0.2, -0.15) is 5.10 Å². The van der Waals surface area contributed by atoms with Crippen molar-refractivity contribution in [2.24, 2.45) is 5.10 Å². The largest absolute Gasteiger partial charge is 0.497 e. The fourth-order valence-corrected chi connectivity index (χ4v) is 5.41. The number of aryl methyl sites for hydroxylation is 1. The van der Waals surface area contributed by atoms with E-state index in [1.807, 2.05) is 6.92 Å². The van der Waals surface area contributed by atoms with Gasteiger partial charge < -0.3 is 9.15 Å². The van der Waals surface area contributed by atoms with E-state index in [1.165, 1.54) is 25.5 Å². The monoisotopic (exact) mass is 571 g/mol. The SMILES string of the molecule is COc1ccc(N(CC(=O)N/N=C\c2ccc(-c3ccc(Cl)cc3Cl)o2)S(=O)(=O)c2ccc(C)cc2)cc1. The van der Waals surface area contributed by atoms with Crippen LogP contribution in [0.3, 0.4) is 0 Å². The summed E-state index contributed by atoms with van der Waals surface area (Å²) in [5, 5.41) is 4.84. The third-order valence-corrected chi connectivity index (χ3v) is 7.80. The van der Waals surface area contributed by atoms with Gasteiger partial charge in [0.2, 0.25) is 0 Å². The number of nitrogens with one attached hydrogen (secondary N) is 1. The number of rotatable bonds is 9. The first kappa shape index (κ1) is 27.3. The van der Waals surface area contributed by atoms with Gasteiger partial charge in [-0.15, -0.1) is 0 Å². The summed E-state index contributed by atoms with van der Waals surface area (Å²) in [5.41, 5.74) is 4.20. The number of carbonyl (C=O) groups excluding carboxylic acids is 1. The second kappa shape index (κ2) is 11.7. The minimum atomic E-state index is -4.06. The maximum absolute atomic E-state index is 13.5. The topological polar surface area (TPSA) is 101 Å². The Kier molecular flexibility index (Phi) is 8.41. The molecule has 0 saturated carbocycles. The maximum Gasteiger partial charge on any atom is 0.264 e. The van der Waals surface area contributed by atoms with Gasteiger partial charge in [-0.25, -0.2) is 13.8 Å². The van der Waals surface area contributed by atoms with Crippen molar-refractivity contribution in [1.29, 1.82) is 0 Å². The lowest BCUT2D eigenvalue weighted by molar-refractivity contribution is -0.119. The molecule has 1 amide bonds. The zero-order valence-electron chi connectivity index (χ0n) is 20.4. The fourth-order valence-electron chi connectivity index (χ4n) is 3.49. The summed E-state index contributed by atoms with van der Waals surface area (Å²) in [6, 6.07) is 21.1. The highest BCUT2D eigenvalue weighted by Gasteiger charge is 2.27. The fraction of sp³-hybridized carbons (Fsp3) is 0.111. The number of ether oxygens (including phenoxy) is 1. The molecule has 8 nitrogen and oxygen atoms in total. The zero-order valence-corrected chi connectivity index (χ0v) is 22.7. The first-order valence-corrected chi connectivity index (χ1v) is 13.5. The van der Waals surface area contributed by atoms with Gasteiger partial charge in [0.05, 0.1) is 28.9 Å². The van der Waals surface area contributed by atoms with Crippen molar-refractivity contribution in [2.75, 3.05) is 18.0 Å². The van der Waals surface area contributed by atoms with Gasteiger partial charge >= 0.3 is 0 Å². The lowest BCUT2D eigenvalue weighted by atomic mass is 10.2. The molecule has 4 rings (SSSR count). The van der Waals surface area contributed by atoms with E-state index in [-0.39, 0.29) is 4.90 Å². The van der Waals surface area contributed by atoms with Crippen LogP contribution in [-0.4, -0.2) is 34.2 Å². The number of hydrogen-bond donors (Lipinski definition) is 1. The number of furan rings is 1. The number of halogens is 2. The van der Waals surface area contributed by atoms with Gasteiger partial charge in [0.15, 0.2) is 0 Å². The molecule has 196 valence electrons. The van der Waals surface area contributed by atoms with Crippen molar-refractivity contribution >= 4 is 51.0 Å². The minimum Gasteiger partial charge on any atom is -0.497 e. The van der Waals surface area contributed by atoms with Crippen LogP contribution in [-0.2, 0) is 14.8 Å². The Morgan fingerprint density at radius 3 is 2.39 bits per heavy atom. The van der Waals surface area contributed by atoms with Crippen LogP contribution in [0.1, 0.15) is 11.3 Å². The lowest BCUT2D eigenvalue weighted by Gasteiger charge is -2.24. The highest BCUT2D eigenvalue weighted by Crippen LogP contribution is 2.31. The molecule has 0 aliphatic heterocycles. The highest BCUT2D eigenvalue weighted by molar-refractivity contribution is 7.92. The van der Waals surface area contributed by atoms with Crippen molar-refractivity contribution < 1.29 is 22.4 Å². The molecule has 0 aliphatic carbocycles. The number of nitrogens with zero attached hydrogens (tertiary/aromatic N) is 2. The number of benzene rings is 3. The van der Waals surface area contributed by atoms with Crippen molar-refractivity contribution in [3.05, 3.63) is 100 Å². The number of sulfonamides is 1. The third kappa shape index (κ3) is 6.36. The van der Waals surface area contributed by atoms with Crippen LogP contribution >= 0.6 is 23.2 Å². The number of carbonyl (C=O) groups is 1. The molecule has 0 radical (unpaired) electrons. The van der Waals surface area contributed by atoms with Crippen LogP contribution in [0, 0.1) is 6.92 Å². The van der Waals surface area contributed by atoms with Crippen LogP contribution in [0.25, 0.3) is 11.3 Å². The van der Waals surface area contributed by atoms with Gasteiger partial charge in [0.25, 0.3) is 15.9 Å². The van der Waals surface area contributed by atoms with E-state index in [2.05, 4.69) is 10.5 Å². The van der Waals surface area contributed by atoms with Crippen molar-refractivity contribution in [1.82, 2.24) is 5.43 Å². The molecular weight excluding hydrogens is 549 g/mol. The molecule has 0 saturated heterocycles. The van der Waals surface area contributed by atoms with E-state index >= 15 is 0 Å². The molecule has 0 aliphatic rings. The Bertz CT molecular complexity index is 1570. The molecule has 0 bridgehead atoms. The molecule has 1 heterocycles. The summed E-state index contributed by atoms with van der Waals surface area (Å²) < 4.78 is 38.8. The van der Waals surface area contributed by atoms with Crippen LogP contribution in [0.4, 0.5) is 5.69 Å². The second-order valence-corrected chi connectivity index (χ2v) is 10.8. The molecule has 0 spiro atoms. The summed E-state index contributed by atoms with van der Waals surface area (Å²) in [4.78, 5) is 12.8. The lowest BCUT2D eigenvalue weighted by Crippen LogP contribution is -2.39. The van der Waals surface area contributed by atoms with Crippen molar-refractivity contribution in [3.63, 3.8) is 0 Å². The van der Waals surface area contributed by atoms with E-state index in [9.17, 15) is 13.2 Å². The predicted molar refractivity (Wildman–Crippen MR) is 149 cm³/mol. The summed E-state index contributed by atoms with van der Waals surface area (Å²) in [6.07, 6.45) is 1.30. The maximum atomic E-state index is 13.5. The van der Waals surface area contributed by atoms with Crippen molar-refractivity contribution in [3.8, 4) is 17.1 Å². The van der Waals surface area contributed by atoms with Crippen LogP contribution in [0.15, 0.2) is 93.3 Å². The Morgan fingerprint density at radius 1 is 1.03 bits per heavy atom. The Balaban J connectivity index is 1.51. The first-order chi connectivity index (χ1) is 18.2. The van der Waals surface area contributed by atoms with E-state index in [4.69, 9.17) is 32.4 Å². The normalized spacial score (nSPS) is 11.5. The second-order valence-electron chi connectivity index (χ2n) is 8.14. The van der Waals surface area contributed by atoms with Crippen LogP contribution in [0.5, 0.6) is 5.75 Å². The molecule has 0 fully saturated rings. The van der Waals surface area contributed by atoms with Gasteiger partial charge in [-0.1, -0.05) is 40.9 Å². The minimum absolute atomic E-state index is 0.0548. The van der Waals surface area contributed by atoms with Gasteiger partial charge in [0.1, 0.15) is 23.8 Å². The number of hydrazone groups is 1. The van der Waals surface area contributed by atoms with Crippen LogP contribution < -0.4 is 14.5 Å². The molecule has 1 N–H and O–H groups in total. The molecule has 11 heteroatoms. The zero-order chi connectivity index (χ0) is 27.3. The molecule has 0 unspecified atom stereocenters. The van der Waals surface area contributed by atoms with E-state index in [0.29, 0.717) is 38.6 Å². The summed E-state index contributed by atoms with van der Waals surface area (Å²) >= 11 is 12.2. The predicted octanol–water partition coefficient (Wildman–Crippen LogP) is 5.92. The molecular formula is C27H23Cl2N3O5S. The third-order valence-electron chi connectivity index (χ3n) is 5.46. The van der Waals surface area contributed by atoms with E-state index < -0.39 is 22.5 Å². The molecule has 38 heavy (non-hydrogen) atoms. The quantitative estimate of drug-likeness (QED) is 0.198. The summed E-state index contributed by atoms with van der Waals surface area (Å²) in [5.74, 6) is 0.744.